The van der Waals surface area contributed by atoms with Gasteiger partial charge in [-0.1, -0.05) is 0 Å². The first-order valence-electron chi connectivity index (χ1n) is 8.72. The largest absolute Gasteiger partial charge is 0.461 e. The fourth-order valence-corrected chi connectivity index (χ4v) is 3.10. The van der Waals surface area contributed by atoms with E-state index in [1.807, 2.05) is 6.92 Å². The summed E-state index contributed by atoms with van der Waals surface area (Å²) in [5.41, 5.74) is 0.557. The van der Waals surface area contributed by atoms with Crippen LogP contribution in [0.3, 0.4) is 0 Å². The highest BCUT2D eigenvalue weighted by atomic mass is 16.3. The van der Waals surface area contributed by atoms with Crippen molar-refractivity contribution in [3.63, 3.8) is 0 Å². The third kappa shape index (κ3) is 4.26. The third-order valence-electron chi connectivity index (χ3n) is 4.35. The van der Waals surface area contributed by atoms with Crippen LogP contribution < -0.4 is 10.2 Å². The Morgan fingerprint density at radius 1 is 1.24 bits per heavy atom. The molecule has 0 saturated carbocycles. The molecule has 1 fully saturated rings. The van der Waals surface area contributed by atoms with Crippen LogP contribution in [0.25, 0.3) is 0 Å². The Morgan fingerprint density at radius 3 is 2.76 bits per heavy atom. The molecule has 0 unspecified atom stereocenters. The Balaban J connectivity index is 1.65. The van der Waals surface area contributed by atoms with E-state index >= 15 is 0 Å². The first-order chi connectivity index (χ1) is 12.1. The van der Waals surface area contributed by atoms with E-state index in [0.717, 1.165) is 31.7 Å². The van der Waals surface area contributed by atoms with Crippen LogP contribution in [-0.2, 0) is 0 Å². The van der Waals surface area contributed by atoms with E-state index in [4.69, 9.17) is 4.42 Å². The number of pyridine rings is 1. The number of furan rings is 1. The zero-order valence-corrected chi connectivity index (χ0v) is 14.4. The molecule has 6 heteroatoms. The molecular weight excluding hydrogens is 318 g/mol. The second kappa shape index (κ2) is 7.96. The predicted molar refractivity (Wildman–Crippen MR) is 94.9 cm³/mol. The van der Waals surface area contributed by atoms with Gasteiger partial charge in [-0.2, -0.15) is 0 Å². The van der Waals surface area contributed by atoms with Gasteiger partial charge in [-0.05, 0) is 50.5 Å². The lowest BCUT2D eigenvalue weighted by molar-refractivity contribution is 0.0907. The van der Waals surface area contributed by atoms with Gasteiger partial charge in [0.2, 0.25) is 0 Å². The summed E-state index contributed by atoms with van der Waals surface area (Å²) in [6, 6.07) is 6.57. The average molecular weight is 341 g/mol. The number of nitrogens with one attached hydrogen (secondary N) is 1. The highest BCUT2D eigenvalue weighted by Crippen LogP contribution is 2.21. The van der Waals surface area contributed by atoms with E-state index < -0.39 is 0 Å². The van der Waals surface area contributed by atoms with Gasteiger partial charge < -0.3 is 14.6 Å². The standard InChI is InChI=1S/C19H23N3O3/c1-14(13-16(23)17-8-6-12-25-17)21-19(24)15-7-5-9-20-18(15)22-10-3-2-4-11-22/h5-9,12,14H,2-4,10-11,13H2,1H3,(H,21,24)/t14-/m1/s1. The normalized spacial score (nSPS) is 15.6. The molecule has 1 saturated heterocycles. The van der Waals surface area contributed by atoms with Gasteiger partial charge in [0.25, 0.3) is 5.91 Å². The monoisotopic (exact) mass is 341 g/mol. The molecule has 0 radical (unpaired) electrons. The molecule has 0 aromatic carbocycles. The first-order valence-corrected chi connectivity index (χ1v) is 8.72. The van der Waals surface area contributed by atoms with Crippen LogP contribution >= 0.6 is 0 Å². The van der Waals surface area contributed by atoms with Gasteiger partial charge in [0.1, 0.15) is 5.82 Å². The third-order valence-corrected chi connectivity index (χ3v) is 4.35. The van der Waals surface area contributed by atoms with E-state index in [1.54, 1.807) is 30.5 Å². The highest BCUT2D eigenvalue weighted by Gasteiger charge is 2.21. The Morgan fingerprint density at radius 2 is 2.04 bits per heavy atom. The number of amides is 1. The van der Waals surface area contributed by atoms with Crippen molar-refractivity contribution in [2.45, 2.75) is 38.6 Å². The summed E-state index contributed by atoms with van der Waals surface area (Å²) in [7, 11) is 0. The van der Waals surface area contributed by atoms with Gasteiger partial charge in [0.15, 0.2) is 11.5 Å². The van der Waals surface area contributed by atoms with E-state index in [2.05, 4.69) is 15.2 Å². The molecule has 1 atom stereocenters. The van der Waals surface area contributed by atoms with E-state index in [1.165, 1.54) is 12.7 Å². The van der Waals surface area contributed by atoms with Gasteiger partial charge in [-0.15, -0.1) is 0 Å². The molecule has 0 aliphatic carbocycles. The number of nitrogens with zero attached hydrogens (tertiary/aromatic N) is 2. The summed E-state index contributed by atoms with van der Waals surface area (Å²) < 4.78 is 5.11. The first kappa shape index (κ1) is 17.2. The second-order valence-corrected chi connectivity index (χ2v) is 6.40. The molecular formula is C19H23N3O3. The lowest BCUT2D eigenvalue weighted by Gasteiger charge is -2.29. The van der Waals surface area contributed by atoms with Crippen LogP contribution in [-0.4, -0.2) is 35.8 Å². The molecule has 6 nitrogen and oxygen atoms in total. The van der Waals surface area contributed by atoms with Gasteiger partial charge in [0, 0.05) is 31.7 Å². The number of ketones is 1. The van der Waals surface area contributed by atoms with Crippen molar-refractivity contribution in [2.24, 2.45) is 0 Å². The maximum Gasteiger partial charge on any atom is 0.255 e. The molecule has 25 heavy (non-hydrogen) atoms. The van der Waals surface area contributed by atoms with Crippen molar-refractivity contribution in [2.75, 3.05) is 18.0 Å². The summed E-state index contributed by atoms with van der Waals surface area (Å²) in [6.07, 6.45) is 6.83. The van der Waals surface area contributed by atoms with Crippen molar-refractivity contribution in [1.82, 2.24) is 10.3 Å². The van der Waals surface area contributed by atoms with Crippen LogP contribution in [0.2, 0.25) is 0 Å². The summed E-state index contributed by atoms with van der Waals surface area (Å²) in [5, 5.41) is 2.90. The zero-order chi connectivity index (χ0) is 17.6. The van der Waals surface area contributed by atoms with Gasteiger partial charge >= 0.3 is 0 Å². The van der Waals surface area contributed by atoms with Crippen LogP contribution in [0.4, 0.5) is 5.82 Å². The number of hydrogen-bond acceptors (Lipinski definition) is 5. The highest BCUT2D eigenvalue weighted by molar-refractivity contribution is 6.00. The Bertz CT molecular complexity index is 721. The lowest BCUT2D eigenvalue weighted by Crippen LogP contribution is -2.37. The molecule has 132 valence electrons. The molecule has 2 aromatic rings. The maximum atomic E-state index is 12.7. The molecule has 3 heterocycles. The van der Waals surface area contributed by atoms with Crippen LogP contribution in [0.1, 0.15) is 53.5 Å². The van der Waals surface area contributed by atoms with E-state index in [-0.39, 0.29) is 24.2 Å². The number of anilines is 1. The van der Waals surface area contributed by atoms with Crippen molar-refractivity contribution >= 4 is 17.5 Å². The molecule has 1 amide bonds. The van der Waals surface area contributed by atoms with Crippen molar-refractivity contribution in [3.05, 3.63) is 48.0 Å². The Labute approximate surface area is 147 Å². The number of carbonyl (C=O) groups excluding carboxylic acids is 2. The summed E-state index contributed by atoms with van der Waals surface area (Å²) in [6.45, 7) is 3.66. The molecule has 0 spiro atoms. The number of hydrogen-bond donors (Lipinski definition) is 1. The summed E-state index contributed by atoms with van der Waals surface area (Å²) in [5.74, 6) is 0.717. The number of rotatable bonds is 6. The van der Waals surface area contributed by atoms with Gasteiger partial charge in [0.05, 0.1) is 11.8 Å². The van der Waals surface area contributed by atoms with Crippen molar-refractivity contribution in [1.29, 1.82) is 0 Å². The van der Waals surface area contributed by atoms with Gasteiger partial charge in [-0.25, -0.2) is 4.98 Å². The maximum absolute atomic E-state index is 12.7. The fraction of sp³-hybridized carbons (Fsp3) is 0.421. The number of piperidine rings is 1. The molecule has 1 aliphatic rings. The Kier molecular flexibility index (Phi) is 5.48. The van der Waals surface area contributed by atoms with Crippen LogP contribution in [0, 0.1) is 0 Å². The Hall–Kier alpha value is -2.63. The molecule has 2 aromatic heterocycles. The van der Waals surface area contributed by atoms with Crippen LogP contribution in [0.15, 0.2) is 41.1 Å². The predicted octanol–water partition coefficient (Wildman–Crippen LogP) is 3.06. The number of aromatic nitrogens is 1. The van der Waals surface area contributed by atoms with Crippen molar-refractivity contribution < 1.29 is 14.0 Å². The molecule has 0 bridgehead atoms. The summed E-state index contributed by atoms with van der Waals surface area (Å²) in [4.78, 5) is 31.3. The van der Waals surface area contributed by atoms with Gasteiger partial charge in [-0.3, -0.25) is 9.59 Å². The summed E-state index contributed by atoms with van der Waals surface area (Å²) >= 11 is 0. The van der Waals surface area contributed by atoms with Crippen molar-refractivity contribution in [3.8, 4) is 0 Å². The fourth-order valence-electron chi connectivity index (χ4n) is 3.10. The number of carbonyl (C=O) groups is 2. The SMILES string of the molecule is C[C@H](CC(=O)c1ccco1)NC(=O)c1cccnc1N1CCCCC1. The van der Waals surface area contributed by atoms with E-state index in [0.29, 0.717) is 11.3 Å². The molecule has 3 rings (SSSR count). The minimum atomic E-state index is -0.292. The topological polar surface area (TPSA) is 75.4 Å². The minimum absolute atomic E-state index is 0.125. The second-order valence-electron chi connectivity index (χ2n) is 6.40. The lowest BCUT2D eigenvalue weighted by atomic mass is 10.1. The average Bonchev–Trinajstić information content (AvgIpc) is 3.17. The van der Waals surface area contributed by atoms with Crippen LogP contribution in [0.5, 0.6) is 0 Å². The molecule has 1 aliphatic heterocycles. The van der Waals surface area contributed by atoms with E-state index in [9.17, 15) is 9.59 Å². The minimum Gasteiger partial charge on any atom is -0.461 e. The smallest absolute Gasteiger partial charge is 0.255 e. The zero-order valence-electron chi connectivity index (χ0n) is 14.4. The quantitative estimate of drug-likeness (QED) is 0.817. The molecule has 1 N–H and O–H groups in total. The number of Topliss-reactive ketones (excluding diaryl/α,β-unsaturated/α-hetero) is 1.